The van der Waals surface area contributed by atoms with Crippen molar-refractivity contribution in [1.82, 2.24) is 19.9 Å². The van der Waals surface area contributed by atoms with Crippen molar-refractivity contribution in [3.8, 4) is 0 Å². The molecule has 0 amide bonds. The summed E-state index contributed by atoms with van der Waals surface area (Å²) in [5.41, 5.74) is 3.04. The molecule has 0 aromatic carbocycles. The standard InChI is InChI=1S/C17H23N5OS.C2HF3O2/c1-13-15(24-12-19-13)10-22-8-9-23-11-14(22)17-18-5-4-16(20-17)21-6-2-3-7-21;3-2(4,5)1(6)7/h4-5,12,14H,2-3,6-11H2,1H3;(H,6,7). The zero-order valence-electron chi connectivity index (χ0n) is 17.0. The molecular weight excluding hydrogens is 435 g/mol. The summed E-state index contributed by atoms with van der Waals surface area (Å²) in [7, 11) is 0. The minimum atomic E-state index is -5.08. The quantitative estimate of drug-likeness (QED) is 0.746. The highest BCUT2D eigenvalue weighted by molar-refractivity contribution is 7.09. The van der Waals surface area contributed by atoms with Crippen LogP contribution in [-0.4, -0.2) is 70.0 Å². The number of carboxylic acid groups (broad SMARTS) is 1. The van der Waals surface area contributed by atoms with Crippen molar-refractivity contribution in [3.05, 3.63) is 34.2 Å². The SMILES string of the molecule is Cc1ncsc1CN1CCOCC1c1nccc(N2CCCC2)n1.O=C(O)C(F)(F)F. The number of morpholine rings is 1. The molecule has 0 aliphatic carbocycles. The summed E-state index contributed by atoms with van der Waals surface area (Å²) >= 11 is 1.72. The summed E-state index contributed by atoms with van der Waals surface area (Å²) in [4.78, 5) is 28.8. The first kappa shape index (κ1) is 23.4. The van der Waals surface area contributed by atoms with Gasteiger partial charge in [-0.3, -0.25) is 4.90 Å². The lowest BCUT2D eigenvalue weighted by Gasteiger charge is -2.34. The van der Waals surface area contributed by atoms with Crippen molar-refractivity contribution in [1.29, 1.82) is 0 Å². The van der Waals surface area contributed by atoms with Crippen molar-refractivity contribution in [2.45, 2.75) is 38.5 Å². The Bertz CT molecular complexity index is 873. The molecule has 1 atom stereocenters. The van der Waals surface area contributed by atoms with Crippen molar-refractivity contribution in [3.63, 3.8) is 0 Å². The van der Waals surface area contributed by atoms with Crippen LogP contribution in [0.3, 0.4) is 0 Å². The van der Waals surface area contributed by atoms with E-state index in [0.717, 1.165) is 50.1 Å². The lowest BCUT2D eigenvalue weighted by atomic mass is 10.2. The van der Waals surface area contributed by atoms with E-state index in [0.29, 0.717) is 6.61 Å². The summed E-state index contributed by atoms with van der Waals surface area (Å²) in [5, 5.41) is 7.12. The molecule has 1 unspecified atom stereocenters. The number of hydrogen-bond donors (Lipinski definition) is 1. The van der Waals surface area contributed by atoms with Gasteiger partial charge < -0.3 is 14.7 Å². The Labute approximate surface area is 181 Å². The smallest absolute Gasteiger partial charge is 0.475 e. The van der Waals surface area contributed by atoms with Crippen LogP contribution in [0.5, 0.6) is 0 Å². The molecule has 2 aliphatic rings. The van der Waals surface area contributed by atoms with Crippen LogP contribution in [0.25, 0.3) is 0 Å². The van der Waals surface area contributed by atoms with E-state index in [4.69, 9.17) is 19.6 Å². The summed E-state index contributed by atoms with van der Waals surface area (Å²) < 4.78 is 37.5. The zero-order chi connectivity index (χ0) is 22.4. The van der Waals surface area contributed by atoms with Gasteiger partial charge >= 0.3 is 12.1 Å². The van der Waals surface area contributed by atoms with Gasteiger partial charge in [-0.15, -0.1) is 11.3 Å². The molecule has 0 spiro atoms. The van der Waals surface area contributed by atoms with Crippen LogP contribution in [0.2, 0.25) is 0 Å². The molecule has 4 heterocycles. The average Bonchev–Trinajstić information content (AvgIpc) is 3.41. The number of carbonyl (C=O) groups is 1. The molecule has 8 nitrogen and oxygen atoms in total. The van der Waals surface area contributed by atoms with E-state index in [1.807, 2.05) is 17.8 Å². The summed E-state index contributed by atoms with van der Waals surface area (Å²) in [5.74, 6) is -0.828. The summed E-state index contributed by atoms with van der Waals surface area (Å²) in [6, 6.07) is 2.14. The molecule has 2 fully saturated rings. The van der Waals surface area contributed by atoms with Crippen LogP contribution in [-0.2, 0) is 16.1 Å². The molecule has 170 valence electrons. The van der Waals surface area contributed by atoms with Crippen LogP contribution in [0.4, 0.5) is 19.0 Å². The third-order valence-electron chi connectivity index (χ3n) is 5.06. The predicted octanol–water partition coefficient (Wildman–Crippen LogP) is 3.05. The first-order valence-electron chi connectivity index (χ1n) is 9.84. The second kappa shape index (κ2) is 10.3. The Morgan fingerprint density at radius 2 is 2.00 bits per heavy atom. The lowest BCUT2D eigenvalue weighted by Crippen LogP contribution is -2.40. The van der Waals surface area contributed by atoms with Crippen molar-refractivity contribution in [2.24, 2.45) is 0 Å². The molecule has 0 radical (unpaired) electrons. The Hall–Kier alpha value is -2.31. The van der Waals surface area contributed by atoms with Crippen LogP contribution in [0.1, 0.15) is 35.3 Å². The number of alkyl halides is 3. The molecule has 2 aromatic rings. The second-order valence-electron chi connectivity index (χ2n) is 7.19. The van der Waals surface area contributed by atoms with Gasteiger partial charge in [-0.25, -0.2) is 19.7 Å². The van der Waals surface area contributed by atoms with Gasteiger partial charge in [0, 0.05) is 37.3 Å². The molecule has 2 aliphatic heterocycles. The number of aromatic nitrogens is 3. The van der Waals surface area contributed by atoms with E-state index in [-0.39, 0.29) is 6.04 Å². The highest BCUT2D eigenvalue weighted by Gasteiger charge is 2.38. The fourth-order valence-electron chi connectivity index (χ4n) is 3.37. The predicted molar refractivity (Wildman–Crippen MR) is 108 cm³/mol. The number of anilines is 1. The number of nitrogens with zero attached hydrogens (tertiary/aromatic N) is 5. The van der Waals surface area contributed by atoms with Crippen molar-refractivity contribution in [2.75, 3.05) is 37.7 Å². The number of aliphatic carboxylic acids is 1. The summed E-state index contributed by atoms with van der Waals surface area (Å²) in [6.45, 7) is 7.48. The van der Waals surface area contributed by atoms with Crippen LogP contribution in [0, 0.1) is 6.92 Å². The van der Waals surface area contributed by atoms with E-state index in [1.54, 1.807) is 11.3 Å². The maximum atomic E-state index is 10.6. The molecule has 0 bridgehead atoms. The largest absolute Gasteiger partial charge is 0.490 e. The normalized spacial score (nSPS) is 19.7. The molecule has 4 rings (SSSR count). The van der Waals surface area contributed by atoms with Gasteiger partial charge in [0.2, 0.25) is 0 Å². The fraction of sp³-hybridized carbons (Fsp3) is 0.579. The third kappa shape index (κ3) is 6.34. The highest BCUT2D eigenvalue weighted by Crippen LogP contribution is 2.27. The minimum Gasteiger partial charge on any atom is -0.475 e. The van der Waals surface area contributed by atoms with Gasteiger partial charge in [-0.2, -0.15) is 13.2 Å². The van der Waals surface area contributed by atoms with E-state index >= 15 is 0 Å². The number of aryl methyl sites for hydroxylation is 1. The fourth-order valence-corrected chi connectivity index (χ4v) is 4.18. The Morgan fingerprint density at radius 1 is 1.29 bits per heavy atom. The van der Waals surface area contributed by atoms with Gasteiger partial charge in [0.1, 0.15) is 11.6 Å². The zero-order valence-corrected chi connectivity index (χ0v) is 17.8. The molecular formula is C19H24F3N5O3S. The van der Waals surface area contributed by atoms with Crippen molar-refractivity contribution < 1.29 is 27.8 Å². The number of rotatable bonds is 4. The van der Waals surface area contributed by atoms with Gasteiger partial charge in [-0.1, -0.05) is 0 Å². The number of ether oxygens (including phenoxy) is 1. The molecule has 1 N–H and O–H groups in total. The van der Waals surface area contributed by atoms with Crippen LogP contribution >= 0.6 is 11.3 Å². The third-order valence-corrected chi connectivity index (χ3v) is 5.98. The summed E-state index contributed by atoms with van der Waals surface area (Å²) in [6.07, 6.45) is -0.688. The molecule has 2 saturated heterocycles. The number of carboxylic acids is 1. The Balaban J connectivity index is 0.000000339. The van der Waals surface area contributed by atoms with Gasteiger partial charge in [0.25, 0.3) is 0 Å². The molecule has 0 saturated carbocycles. The van der Waals surface area contributed by atoms with Gasteiger partial charge in [0.15, 0.2) is 0 Å². The van der Waals surface area contributed by atoms with Crippen LogP contribution in [0.15, 0.2) is 17.8 Å². The molecule has 12 heteroatoms. The van der Waals surface area contributed by atoms with E-state index < -0.39 is 12.1 Å². The molecule has 2 aromatic heterocycles. The topological polar surface area (TPSA) is 91.7 Å². The lowest BCUT2D eigenvalue weighted by molar-refractivity contribution is -0.192. The van der Waals surface area contributed by atoms with Gasteiger partial charge in [-0.05, 0) is 25.8 Å². The van der Waals surface area contributed by atoms with E-state index in [2.05, 4.69) is 26.7 Å². The first-order valence-corrected chi connectivity index (χ1v) is 10.7. The monoisotopic (exact) mass is 459 g/mol. The number of halogens is 3. The van der Waals surface area contributed by atoms with E-state index in [9.17, 15) is 13.2 Å². The maximum absolute atomic E-state index is 10.6. The van der Waals surface area contributed by atoms with E-state index in [1.165, 1.54) is 17.7 Å². The second-order valence-corrected chi connectivity index (χ2v) is 8.13. The maximum Gasteiger partial charge on any atom is 0.490 e. The first-order chi connectivity index (χ1) is 14.8. The van der Waals surface area contributed by atoms with Gasteiger partial charge in [0.05, 0.1) is 30.5 Å². The minimum absolute atomic E-state index is 0.114. The van der Waals surface area contributed by atoms with Crippen LogP contribution < -0.4 is 4.90 Å². The number of thiazole rings is 1. The average molecular weight is 459 g/mol. The number of hydrogen-bond acceptors (Lipinski definition) is 8. The Kier molecular flexibility index (Phi) is 7.79. The Morgan fingerprint density at radius 3 is 2.61 bits per heavy atom. The van der Waals surface area contributed by atoms with Crippen molar-refractivity contribution >= 4 is 23.1 Å². The highest BCUT2D eigenvalue weighted by atomic mass is 32.1. The molecule has 31 heavy (non-hydrogen) atoms.